The first-order chi connectivity index (χ1) is 15.6. The van der Waals surface area contributed by atoms with Gasteiger partial charge in [-0.3, -0.25) is 4.79 Å². The van der Waals surface area contributed by atoms with Gasteiger partial charge in [0.05, 0.1) is 11.4 Å². The normalized spacial score (nSPS) is 15.8. The van der Waals surface area contributed by atoms with E-state index in [1.807, 2.05) is 47.8 Å². The van der Waals surface area contributed by atoms with E-state index in [2.05, 4.69) is 32.2 Å². The minimum Gasteiger partial charge on any atom is -0.336 e. The van der Waals surface area contributed by atoms with Crippen molar-refractivity contribution in [3.63, 3.8) is 0 Å². The SMILES string of the molecule is CSc1ncc2c(n1)CCc1cnc(Nc3ccc(C(=O)N4CCN(C)CC4)cc3)nc1-2. The molecule has 2 aromatic heterocycles. The number of fused-ring (bicyclic) bond motifs is 3. The average Bonchev–Trinajstić information content (AvgIpc) is 2.84. The van der Waals surface area contributed by atoms with Crippen LogP contribution >= 0.6 is 11.8 Å². The first kappa shape index (κ1) is 20.8. The second-order valence-corrected chi connectivity index (χ2v) is 8.86. The second kappa shape index (κ2) is 8.84. The van der Waals surface area contributed by atoms with Gasteiger partial charge in [-0.05, 0) is 56.0 Å². The first-order valence-electron chi connectivity index (χ1n) is 10.7. The molecule has 0 unspecified atom stereocenters. The predicted octanol–water partition coefficient (Wildman–Crippen LogP) is 2.89. The topological polar surface area (TPSA) is 87.1 Å². The van der Waals surface area contributed by atoms with Crippen LogP contribution in [0, 0.1) is 0 Å². The van der Waals surface area contributed by atoms with Gasteiger partial charge >= 0.3 is 0 Å². The summed E-state index contributed by atoms with van der Waals surface area (Å²) in [4.78, 5) is 35.2. The highest BCUT2D eigenvalue weighted by molar-refractivity contribution is 7.98. The van der Waals surface area contributed by atoms with Crippen molar-refractivity contribution in [2.45, 2.75) is 18.0 Å². The number of aryl methyl sites for hydroxylation is 2. The van der Waals surface area contributed by atoms with Gasteiger partial charge < -0.3 is 15.1 Å². The van der Waals surface area contributed by atoms with Gasteiger partial charge in [0.15, 0.2) is 5.16 Å². The van der Waals surface area contributed by atoms with Crippen LogP contribution in [0.25, 0.3) is 11.3 Å². The number of nitrogens with one attached hydrogen (secondary N) is 1. The smallest absolute Gasteiger partial charge is 0.253 e. The van der Waals surface area contributed by atoms with Crippen LogP contribution in [0.3, 0.4) is 0 Å². The monoisotopic (exact) mass is 447 g/mol. The number of anilines is 2. The lowest BCUT2D eigenvalue weighted by atomic mass is 9.95. The highest BCUT2D eigenvalue weighted by Gasteiger charge is 2.22. The lowest BCUT2D eigenvalue weighted by Gasteiger charge is -2.32. The summed E-state index contributed by atoms with van der Waals surface area (Å²) in [5.41, 5.74) is 5.54. The fourth-order valence-electron chi connectivity index (χ4n) is 4.04. The molecule has 1 N–H and O–H groups in total. The van der Waals surface area contributed by atoms with Gasteiger partial charge in [0.25, 0.3) is 5.91 Å². The zero-order valence-electron chi connectivity index (χ0n) is 18.2. The maximum Gasteiger partial charge on any atom is 0.253 e. The summed E-state index contributed by atoms with van der Waals surface area (Å²) in [5.74, 6) is 0.597. The van der Waals surface area contributed by atoms with Crippen molar-refractivity contribution in [1.82, 2.24) is 29.7 Å². The summed E-state index contributed by atoms with van der Waals surface area (Å²) < 4.78 is 0. The minimum atomic E-state index is 0.0795. The second-order valence-electron chi connectivity index (χ2n) is 8.08. The van der Waals surface area contributed by atoms with Crippen LogP contribution in [0.4, 0.5) is 11.6 Å². The number of piperazine rings is 1. The van der Waals surface area contributed by atoms with E-state index in [1.165, 1.54) is 0 Å². The molecule has 0 radical (unpaired) electrons. The highest BCUT2D eigenvalue weighted by Crippen LogP contribution is 2.32. The molecule has 1 fully saturated rings. The number of rotatable bonds is 4. The fraction of sp³-hybridized carbons (Fsp3) is 0.348. The largest absolute Gasteiger partial charge is 0.336 e. The van der Waals surface area contributed by atoms with Crippen molar-refractivity contribution in [3.8, 4) is 11.3 Å². The van der Waals surface area contributed by atoms with E-state index in [0.29, 0.717) is 11.5 Å². The Bertz CT molecular complexity index is 1140. The third kappa shape index (κ3) is 4.18. The Hall–Kier alpha value is -3.04. The molecule has 8 nitrogen and oxygen atoms in total. The molecule has 2 aliphatic rings. The Morgan fingerprint density at radius 2 is 1.78 bits per heavy atom. The fourth-order valence-corrected chi connectivity index (χ4v) is 4.40. The van der Waals surface area contributed by atoms with Gasteiger partial charge in [-0.25, -0.2) is 19.9 Å². The average molecular weight is 448 g/mol. The molecular weight excluding hydrogens is 422 g/mol. The van der Waals surface area contributed by atoms with Gasteiger partial charge in [-0.2, -0.15) is 0 Å². The molecule has 1 aliphatic heterocycles. The van der Waals surface area contributed by atoms with E-state index >= 15 is 0 Å². The maximum absolute atomic E-state index is 12.7. The lowest BCUT2D eigenvalue weighted by molar-refractivity contribution is 0.0664. The van der Waals surface area contributed by atoms with Gasteiger partial charge in [-0.1, -0.05) is 11.8 Å². The third-order valence-electron chi connectivity index (χ3n) is 5.96. The molecule has 9 heteroatoms. The minimum absolute atomic E-state index is 0.0795. The van der Waals surface area contributed by atoms with Crippen LogP contribution in [-0.4, -0.2) is 75.1 Å². The number of hydrogen-bond acceptors (Lipinski definition) is 8. The lowest BCUT2D eigenvalue weighted by Crippen LogP contribution is -2.47. The quantitative estimate of drug-likeness (QED) is 0.483. The standard InChI is InChI=1S/C23H25N7OS/c1-29-9-11-30(12-10-29)21(31)15-3-6-17(7-4-15)26-22-24-13-16-5-8-19-18(20(16)28-22)14-25-23(27-19)32-2/h3-4,6-7,13-14H,5,8-12H2,1-2H3,(H,24,26,28). The Labute approximate surface area is 191 Å². The van der Waals surface area contributed by atoms with E-state index in [0.717, 1.165) is 72.4 Å². The third-order valence-corrected chi connectivity index (χ3v) is 6.52. The molecular formula is C23H25N7OS. The summed E-state index contributed by atoms with van der Waals surface area (Å²) in [6.45, 7) is 3.35. The number of likely N-dealkylation sites (N-methyl/N-ethyl adjacent to an activating group) is 1. The first-order valence-corrected chi connectivity index (χ1v) is 11.9. The maximum atomic E-state index is 12.7. The molecule has 0 bridgehead atoms. The summed E-state index contributed by atoms with van der Waals surface area (Å²) in [7, 11) is 2.08. The molecule has 5 rings (SSSR count). The number of nitrogens with zero attached hydrogens (tertiary/aromatic N) is 6. The summed E-state index contributed by atoms with van der Waals surface area (Å²) in [6.07, 6.45) is 7.46. The van der Waals surface area contributed by atoms with E-state index in [4.69, 9.17) is 4.98 Å². The Kier molecular flexibility index (Phi) is 5.75. The number of aromatic nitrogens is 4. The molecule has 3 heterocycles. The Morgan fingerprint density at radius 3 is 2.53 bits per heavy atom. The van der Waals surface area contributed by atoms with E-state index < -0.39 is 0 Å². The van der Waals surface area contributed by atoms with Crippen LogP contribution in [0.2, 0.25) is 0 Å². The number of carbonyl (C=O) groups is 1. The Balaban J connectivity index is 1.32. The molecule has 1 aromatic carbocycles. The van der Waals surface area contributed by atoms with Gasteiger partial charge in [0.1, 0.15) is 0 Å². The molecule has 1 aliphatic carbocycles. The molecule has 3 aromatic rings. The number of amides is 1. The molecule has 0 atom stereocenters. The van der Waals surface area contributed by atoms with E-state index in [-0.39, 0.29) is 5.91 Å². The molecule has 1 saturated heterocycles. The molecule has 0 spiro atoms. The molecule has 1 amide bonds. The van der Waals surface area contributed by atoms with Crippen LogP contribution in [0.5, 0.6) is 0 Å². The zero-order valence-corrected chi connectivity index (χ0v) is 19.0. The van der Waals surface area contributed by atoms with E-state index in [1.54, 1.807) is 11.8 Å². The van der Waals surface area contributed by atoms with Crippen molar-refractivity contribution < 1.29 is 4.79 Å². The van der Waals surface area contributed by atoms with Crippen molar-refractivity contribution >= 4 is 29.3 Å². The summed E-state index contributed by atoms with van der Waals surface area (Å²) >= 11 is 1.54. The van der Waals surface area contributed by atoms with Crippen molar-refractivity contribution in [2.75, 3.05) is 44.8 Å². The van der Waals surface area contributed by atoms with Crippen LogP contribution in [-0.2, 0) is 12.8 Å². The number of carbonyl (C=O) groups excluding carboxylic acids is 1. The van der Waals surface area contributed by atoms with Gasteiger partial charge in [0, 0.05) is 55.4 Å². The van der Waals surface area contributed by atoms with Crippen molar-refractivity contribution in [1.29, 1.82) is 0 Å². The van der Waals surface area contributed by atoms with Crippen molar-refractivity contribution in [2.24, 2.45) is 0 Å². The predicted molar refractivity (Wildman–Crippen MR) is 125 cm³/mol. The zero-order chi connectivity index (χ0) is 22.1. The number of thioether (sulfide) groups is 1. The molecule has 164 valence electrons. The van der Waals surface area contributed by atoms with Crippen LogP contribution in [0.1, 0.15) is 21.6 Å². The Morgan fingerprint density at radius 1 is 1.00 bits per heavy atom. The van der Waals surface area contributed by atoms with Gasteiger partial charge in [-0.15, -0.1) is 0 Å². The van der Waals surface area contributed by atoms with E-state index in [9.17, 15) is 4.79 Å². The highest BCUT2D eigenvalue weighted by atomic mass is 32.2. The molecule has 32 heavy (non-hydrogen) atoms. The molecule has 0 saturated carbocycles. The summed E-state index contributed by atoms with van der Waals surface area (Å²) in [6, 6.07) is 7.50. The van der Waals surface area contributed by atoms with Crippen LogP contribution in [0.15, 0.2) is 41.8 Å². The van der Waals surface area contributed by atoms with Gasteiger partial charge in [0.2, 0.25) is 5.95 Å². The summed E-state index contributed by atoms with van der Waals surface area (Å²) in [5, 5.41) is 4.04. The number of hydrogen-bond donors (Lipinski definition) is 1. The number of benzene rings is 1. The van der Waals surface area contributed by atoms with Crippen LogP contribution < -0.4 is 5.32 Å². The van der Waals surface area contributed by atoms with Crippen molar-refractivity contribution in [3.05, 3.63) is 53.5 Å².